The predicted molar refractivity (Wildman–Crippen MR) is 76.8 cm³/mol. The van der Waals surface area contributed by atoms with Crippen molar-refractivity contribution in [2.75, 3.05) is 21.2 Å². The molecule has 1 atom stereocenters. The van der Waals surface area contributed by atoms with Crippen molar-refractivity contribution in [2.45, 2.75) is 25.4 Å². The molecule has 19 heavy (non-hydrogen) atoms. The fourth-order valence-corrected chi connectivity index (χ4v) is 2.07. The Labute approximate surface area is 118 Å². The monoisotopic (exact) mass is 282 g/mol. The summed E-state index contributed by atoms with van der Waals surface area (Å²) in [7, 11) is 5.72. The number of methoxy groups -OCH3 is 1. The van der Waals surface area contributed by atoms with Crippen molar-refractivity contribution in [3.8, 4) is 5.88 Å². The first kappa shape index (κ1) is 14.1. The van der Waals surface area contributed by atoms with Gasteiger partial charge in [0.25, 0.3) is 0 Å². The predicted octanol–water partition coefficient (Wildman–Crippen LogP) is 2.13. The first-order valence-electron chi connectivity index (χ1n) is 6.19. The van der Waals surface area contributed by atoms with E-state index in [2.05, 4.69) is 40.5 Å². The molecule has 0 bridgehead atoms. The Morgan fingerprint density at radius 2 is 2.11 bits per heavy atom. The highest BCUT2D eigenvalue weighted by Crippen LogP contribution is 2.20. The molecule has 2 heterocycles. The van der Waals surface area contributed by atoms with E-state index in [1.807, 2.05) is 12.1 Å². The van der Waals surface area contributed by atoms with Crippen molar-refractivity contribution in [2.24, 2.45) is 0 Å². The van der Waals surface area contributed by atoms with E-state index >= 15 is 0 Å². The minimum absolute atomic E-state index is 0.368. The molecule has 104 valence electrons. The van der Waals surface area contributed by atoms with E-state index < -0.39 is 0 Å². The molecule has 0 saturated heterocycles. The fraction of sp³-hybridized carbons (Fsp3) is 0.538. The maximum Gasteiger partial charge on any atom is 0.215 e. The van der Waals surface area contributed by atoms with Crippen LogP contribution in [0.4, 0.5) is 0 Å². The smallest absolute Gasteiger partial charge is 0.215 e. The molecule has 0 aliphatic rings. The van der Waals surface area contributed by atoms with Gasteiger partial charge in [-0.2, -0.15) is 4.98 Å². The summed E-state index contributed by atoms with van der Waals surface area (Å²) < 4.78 is 7.24. The normalized spacial score (nSPS) is 13.2. The zero-order valence-electron chi connectivity index (χ0n) is 11.7. The Balaban J connectivity index is 2.48. The molecule has 0 saturated carbocycles. The van der Waals surface area contributed by atoms with Crippen molar-refractivity contribution < 1.29 is 4.74 Å². The van der Waals surface area contributed by atoms with Crippen LogP contribution in [0.5, 0.6) is 5.88 Å². The van der Waals surface area contributed by atoms with Gasteiger partial charge in [0.15, 0.2) is 5.65 Å². The van der Waals surface area contributed by atoms with E-state index in [9.17, 15) is 0 Å². The highest BCUT2D eigenvalue weighted by molar-refractivity contribution is 6.16. The maximum absolute atomic E-state index is 5.98. The number of pyridine rings is 1. The summed E-state index contributed by atoms with van der Waals surface area (Å²) in [6.45, 7) is 2.95. The Bertz CT molecular complexity index is 567. The summed E-state index contributed by atoms with van der Waals surface area (Å²) in [5, 5.41) is 0. The summed E-state index contributed by atoms with van der Waals surface area (Å²) in [6, 6.07) is 4.09. The molecule has 6 heteroatoms. The SMILES string of the molecule is COc1ccc2nc(CCl)n(CC(C)N(C)C)c2n1. The van der Waals surface area contributed by atoms with Gasteiger partial charge in [-0.15, -0.1) is 11.6 Å². The van der Waals surface area contributed by atoms with Gasteiger partial charge in [-0.3, -0.25) is 0 Å². The van der Waals surface area contributed by atoms with Gasteiger partial charge < -0.3 is 14.2 Å². The summed E-state index contributed by atoms with van der Waals surface area (Å²) in [5.74, 6) is 1.80. The number of aromatic nitrogens is 3. The van der Waals surface area contributed by atoms with Crippen LogP contribution in [0.15, 0.2) is 12.1 Å². The molecule has 0 amide bonds. The van der Waals surface area contributed by atoms with E-state index in [4.69, 9.17) is 16.3 Å². The Morgan fingerprint density at radius 3 is 2.68 bits per heavy atom. The van der Waals surface area contributed by atoms with Crippen LogP contribution in [0.1, 0.15) is 12.7 Å². The molecule has 1 unspecified atom stereocenters. The molecule has 0 aromatic carbocycles. The fourth-order valence-electron chi connectivity index (χ4n) is 1.87. The summed E-state index contributed by atoms with van der Waals surface area (Å²) in [5.41, 5.74) is 1.67. The third-order valence-electron chi connectivity index (χ3n) is 3.30. The van der Waals surface area contributed by atoms with E-state index in [-0.39, 0.29) is 0 Å². The highest BCUT2D eigenvalue weighted by atomic mass is 35.5. The van der Waals surface area contributed by atoms with E-state index in [1.165, 1.54) is 0 Å². The molecule has 2 aromatic heterocycles. The summed E-state index contributed by atoms with van der Waals surface area (Å²) in [6.07, 6.45) is 0. The number of fused-ring (bicyclic) bond motifs is 1. The quantitative estimate of drug-likeness (QED) is 0.788. The van der Waals surface area contributed by atoms with Crippen LogP contribution in [0.3, 0.4) is 0 Å². The summed E-state index contributed by atoms with van der Waals surface area (Å²) in [4.78, 5) is 11.1. The Kier molecular flexibility index (Phi) is 4.27. The largest absolute Gasteiger partial charge is 0.481 e. The number of likely N-dealkylation sites (N-methyl/N-ethyl adjacent to an activating group) is 1. The molecule has 0 fully saturated rings. The second kappa shape index (κ2) is 5.75. The number of rotatable bonds is 5. The molecule has 0 spiro atoms. The van der Waals surface area contributed by atoms with Crippen LogP contribution in [-0.4, -0.2) is 46.7 Å². The Morgan fingerprint density at radius 1 is 1.37 bits per heavy atom. The van der Waals surface area contributed by atoms with Gasteiger partial charge in [-0.05, 0) is 27.1 Å². The molecule has 2 aromatic rings. The number of hydrogen-bond donors (Lipinski definition) is 0. The maximum atomic E-state index is 5.98. The van der Waals surface area contributed by atoms with Crippen LogP contribution in [0, 0.1) is 0 Å². The number of hydrogen-bond acceptors (Lipinski definition) is 4. The van der Waals surface area contributed by atoms with E-state index in [0.29, 0.717) is 17.8 Å². The van der Waals surface area contributed by atoms with Crippen molar-refractivity contribution in [3.05, 3.63) is 18.0 Å². The number of ether oxygens (including phenoxy) is 1. The average molecular weight is 283 g/mol. The van der Waals surface area contributed by atoms with Gasteiger partial charge in [-0.1, -0.05) is 0 Å². The third kappa shape index (κ3) is 2.82. The van der Waals surface area contributed by atoms with Gasteiger partial charge in [0.1, 0.15) is 11.3 Å². The molecular weight excluding hydrogens is 264 g/mol. The molecule has 0 radical (unpaired) electrons. The molecule has 0 aliphatic carbocycles. The van der Waals surface area contributed by atoms with Crippen molar-refractivity contribution >= 4 is 22.8 Å². The average Bonchev–Trinajstić information content (AvgIpc) is 2.75. The van der Waals surface area contributed by atoms with Crippen LogP contribution in [0.25, 0.3) is 11.2 Å². The number of alkyl halides is 1. The zero-order valence-corrected chi connectivity index (χ0v) is 12.5. The van der Waals surface area contributed by atoms with Crippen LogP contribution >= 0.6 is 11.6 Å². The molecule has 5 nitrogen and oxygen atoms in total. The van der Waals surface area contributed by atoms with Crippen LogP contribution in [-0.2, 0) is 12.4 Å². The highest BCUT2D eigenvalue weighted by Gasteiger charge is 2.15. The molecule has 2 rings (SSSR count). The van der Waals surface area contributed by atoms with Gasteiger partial charge in [-0.25, -0.2) is 4.98 Å². The van der Waals surface area contributed by atoms with Crippen molar-refractivity contribution in [1.82, 2.24) is 19.4 Å². The second-order valence-electron chi connectivity index (χ2n) is 4.78. The number of halogens is 1. The third-order valence-corrected chi connectivity index (χ3v) is 3.54. The van der Waals surface area contributed by atoms with Crippen molar-refractivity contribution in [1.29, 1.82) is 0 Å². The van der Waals surface area contributed by atoms with Crippen LogP contribution < -0.4 is 4.74 Å². The van der Waals surface area contributed by atoms with E-state index in [1.54, 1.807) is 7.11 Å². The lowest BCUT2D eigenvalue weighted by molar-refractivity contribution is 0.284. The topological polar surface area (TPSA) is 43.2 Å². The van der Waals surface area contributed by atoms with Crippen molar-refractivity contribution in [3.63, 3.8) is 0 Å². The molecule has 0 aliphatic heterocycles. The number of nitrogens with zero attached hydrogens (tertiary/aromatic N) is 4. The first-order valence-corrected chi connectivity index (χ1v) is 6.72. The lowest BCUT2D eigenvalue weighted by atomic mass is 10.3. The zero-order chi connectivity index (χ0) is 14.0. The second-order valence-corrected chi connectivity index (χ2v) is 5.05. The van der Waals surface area contributed by atoms with Crippen LogP contribution in [0.2, 0.25) is 0 Å². The lowest BCUT2D eigenvalue weighted by Crippen LogP contribution is -2.29. The minimum atomic E-state index is 0.368. The lowest BCUT2D eigenvalue weighted by Gasteiger charge is -2.21. The molecular formula is C13H19ClN4O. The van der Waals surface area contributed by atoms with Gasteiger partial charge in [0, 0.05) is 18.7 Å². The van der Waals surface area contributed by atoms with Gasteiger partial charge in [0.2, 0.25) is 5.88 Å². The van der Waals surface area contributed by atoms with E-state index in [0.717, 1.165) is 23.5 Å². The molecule has 0 N–H and O–H groups in total. The number of imidazole rings is 1. The van der Waals surface area contributed by atoms with Gasteiger partial charge >= 0.3 is 0 Å². The first-order chi connectivity index (χ1) is 9.06. The van der Waals surface area contributed by atoms with Gasteiger partial charge in [0.05, 0.1) is 13.0 Å². The summed E-state index contributed by atoms with van der Waals surface area (Å²) >= 11 is 5.98. The standard InChI is InChI=1S/C13H19ClN4O/c1-9(17(2)3)8-18-11(7-14)15-10-5-6-12(19-4)16-13(10)18/h5-6,9H,7-8H2,1-4H3. The minimum Gasteiger partial charge on any atom is -0.481 e. The Hall–Kier alpha value is -1.33.